The lowest BCUT2D eigenvalue weighted by molar-refractivity contribution is 0.286. The fourth-order valence-corrected chi connectivity index (χ4v) is 3.42. The van der Waals surface area contributed by atoms with E-state index in [4.69, 9.17) is 4.74 Å². The predicted octanol–water partition coefficient (Wildman–Crippen LogP) is 4.39. The van der Waals surface area contributed by atoms with Gasteiger partial charge in [0, 0.05) is 5.54 Å². The Kier molecular flexibility index (Phi) is 4.30. The van der Waals surface area contributed by atoms with Gasteiger partial charge in [-0.15, -0.1) is 0 Å². The summed E-state index contributed by atoms with van der Waals surface area (Å²) in [5.74, 6) is 1.06. The molecule has 1 aromatic rings. The Hall–Kier alpha value is -1.02. The highest BCUT2D eigenvalue weighted by atomic mass is 16.5. The molecule has 1 aromatic carbocycles. The van der Waals surface area contributed by atoms with Crippen LogP contribution < -0.4 is 10.1 Å². The summed E-state index contributed by atoms with van der Waals surface area (Å²) in [5, 5.41) is 3.85. The van der Waals surface area contributed by atoms with Crippen LogP contribution in [0, 0.1) is 0 Å². The fraction of sp³-hybridized carbons (Fsp3) is 0.667. The van der Waals surface area contributed by atoms with Crippen LogP contribution in [0.4, 0.5) is 0 Å². The average molecular weight is 273 g/mol. The first-order valence-electron chi connectivity index (χ1n) is 8.35. The second kappa shape index (κ2) is 6.17. The molecule has 1 aliphatic heterocycles. The van der Waals surface area contributed by atoms with Gasteiger partial charge >= 0.3 is 0 Å². The van der Waals surface area contributed by atoms with Gasteiger partial charge in [0.15, 0.2) is 0 Å². The topological polar surface area (TPSA) is 21.3 Å². The van der Waals surface area contributed by atoms with Crippen molar-refractivity contribution in [1.29, 1.82) is 0 Å². The van der Waals surface area contributed by atoms with Crippen molar-refractivity contribution in [2.24, 2.45) is 0 Å². The molecule has 1 atom stereocenters. The molecule has 2 fully saturated rings. The molecule has 2 aliphatic rings. The third kappa shape index (κ3) is 3.17. The highest BCUT2D eigenvalue weighted by Gasteiger charge is 2.32. The summed E-state index contributed by atoms with van der Waals surface area (Å²) in [6.07, 6.45) is 10.6. The van der Waals surface area contributed by atoms with Crippen LogP contribution in [-0.4, -0.2) is 12.6 Å². The van der Waals surface area contributed by atoms with Gasteiger partial charge in [0.1, 0.15) is 5.75 Å². The Morgan fingerprint density at radius 3 is 2.95 bits per heavy atom. The predicted molar refractivity (Wildman–Crippen MR) is 83.1 cm³/mol. The van der Waals surface area contributed by atoms with Crippen molar-refractivity contribution in [3.8, 4) is 5.75 Å². The van der Waals surface area contributed by atoms with Gasteiger partial charge in [-0.2, -0.15) is 0 Å². The average Bonchev–Trinajstić information content (AvgIpc) is 3.27. The van der Waals surface area contributed by atoms with E-state index in [9.17, 15) is 0 Å². The maximum atomic E-state index is 5.98. The molecule has 0 amide bonds. The van der Waals surface area contributed by atoms with Crippen LogP contribution in [0.25, 0.3) is 0 Å². The van der Waals surface area contributed by atoms with Gasteiger partial charge in [-0.25, -0.2) is 0 Å². The Balaban J connectivity index is 1.84. The minimum absolute atomic E-state index is 0.175. The van der Waals surface area contributed by atoms with E-state index < -0.39 is 0 Å². The van der Waals surface area contributed by atoms with Crippen molar-refractivity contribution < 1.29 is 4.74 Å². The van der Waals surface area contributed by atoms with Gasteiger partial charge in [0.25, 0.3) is 0 Å². The summed E-state index contributed by atoms with van der Waals surface area (Å²) in [4.78, 5) is 0. The molecular formula is C18H27NO. The maximum Gasteiger partial charge on any atom is 0.120 e. The smallest absolute Gasteiger partial charge is 0.120 e. The van der Waals surface area contributed by atoms with Crippen molar-refractivity contribution >= 4 is 0 Å². The molecule has 1 N–H and O–H groups in total. The van der Waals surface area contributed by atoms with Crippen LogP contribution in [0.2, 0.25) is 0 Å². The molecule has 1 heterocycles. The normalized spacial score (nSPS) is 27.1. The van der Waals surface area contributed by atoms with E-state index in [0.29, 0.717) is 6.10 Å². The molecule has 0 radical (unpaired) electrons. The van der Waals surface area contributed by atoms with Crippen LogP contribution in [0.1, 0.15) is 63.9 Å². The van der Waals surface area contributed by atoms with Crippen LogP contribution in [0.5, 0.6) is 5.75 Å². The third-order valence-corrected chi connectivity index (χ3v) is 4.63. The van der Waals surface area contributed by atoms with E-state index >= 15 is 0 Å². The molecule has 2 nitrogen and oxygen atoms in total. The molecule has 2 heteroatoms. The first kappa shape index (κ1) is 13.9. The third-order valence-electron chi connectivity index (χ3n) is 4.63. The zero-order chi connectivity index (χ0) is 13.8. The fourth-order valence-electron chi connectivity index (χ4n) is 3.42. The van der Waals surface area contributed by atoms with Crippen LogP contribution >= 0.6 is 0 Å². The number of rotatable bonds is 5. The molecule has 1 saturated carbocycles. The molecule has 20 heavy (non-hydrogen) atoms. The lowest BCUT2D eigenvalue weighted by Gasteiger charge is -2.34. The Morgan fingerprint density at radius 2 is 2.15 bits per heavy atom. The van der Waals surface area contributed by atoms with Gasteiger partial charge in [-0.3, -0.25) is 0 Å². The molecule has 1 saturated heterocycles. The van der Waals surface area contributed by atoms with Gasteiger partial charge in [0.05, 0.1) is 6.10 Å². The van der Waals surface area contributed by atoms with E-state index in [1.165, 1.54) is 56.9 Å². The first-order valence-corrected chi connectivity index (χ1v) is 8.35. The number of ether oxygens (including phenoxy) is 1. The Bertz CT molecular complexity index is 431. The summed E-state index contributed by atoms with van der Waals surface area (Å²) in [7, 11) is 0. The quantitative estimate of drug-likeness (QED) is 0.859. The molecule has 1 unspecified atom stereocenters. The number of nitrogens with one attached hydrogen (secondary N) is 1. The minimum Gasteiger partial charge on any atom is -0.490 e. The lowest BCUT2D eigenvalue weighted by Crippen LogP contribution is -2.41. The standard InChI is InChI=1S/C18H27NO/c1-2-11-18(12-4-3-5-13-19-18)15-7-6-8-17(14-15)20-16-9-10-16/h6-8,14,16,19H,2-5,9-13H2,1H3. The van der Waals surface area contributed by atoms with E-state index in [1.54, 1.807) is 0 Å². The summed E-state index contributed by atoms with van der Waals surface area (Å²) in [6, 6.07) is 8.84. The van der Waals surface area contributed by atoms with Crippen molar-refractivity contribution in [1.82, 2.24) is 5.32 Å². The second-order valence-corrected chi connectivity index (χ2v) is 6.41. The largest absolute Gasteiger partial charge is 0.490 e. The van der Waals surface area contributed by atoms with E-state index in [-0.39, 0.29) is 5.54 Å². The van der Waals surface area contributed by atoms with E-state index in [0.717, 1.165) is 12.3 Å². The lowest BCUT2D eigenvalue weighted by atomic mass is 9.82. The summed E-state index contributed by atoms with van der Waals surface area (Å²) in [5.41, 5.74) is 1.60. The Morgan fingerprint density at radius 1 is 1.25 bits per heavy atom. The maximum absolute atomic E-state index is 5.98. The number of hydrogen-bond acceptors (Lipinski definition) is 2. The van der Waals surface area contributed by atoms with Gasteiger partial charge in [0.2, 0.25) is 0 Å². The number of hydrogen-bond donors (Lipinski definition) is 1. The van der Waals surface area contributed by atoms with Gasteiger partial charge < -0.3 is 10.1 Å². The van der Waals surface area contributed by atoms with Crippen LogP contribution in [0.15, 0.2) is 24.3 Å². The number of benzene rings is 1. The summed E-state index contributed by atoms with van der Waals surface area (Å²) < 4.78 is 5.98. The zero-order valence-corrected chi connectivity index (χ0v) is 12.7. The highest BCUT2D eigenvalue weighted by Crippen LogP contribution is 2.36. The molecular weight excluding hydrogens is 246 g/mol. The van der Waals surface area contributed by atoms with Crippen LogP contribution in [0.3, 0.4) is 0 Å². The molecule has 0 aromatic heterocycles. The van der Waals surface area contributed by atoms with Gasteiger partial charge in [-0.05, 0) is 56.3 Å². The molecule has 3 rings (SSSR count). The van der Waals surface area contributed by atoms with Crippen molar-refractivity contribution in [3.63, 3.8) is 0 Å². The molecule has 0 spiro atoms. The second-order valence-electron chi connectivity index (χ2n) is 6.41. The van der Waals surface area contributed by atoms with Gasteiger partial charge in [-0.1, -0.05) is 38.3 Å². The SMILES string of the molecule is CCCC1(c2cccc(OC3CC3)c2)CCCCCN1. The van der Waals surface area contributed by atoms with Crippen molar-refractivity contribution in [2.75, 3.05) is 6.54 Å². The van der Waals surface area contributed by atoms with Crippen LogP contribution in [-0.2, 0) is 5.54 Å². The highest BCUT2D eigenvalue weighted by molar-refractivity contribution is 5.34. The van der Waals surface area contributed by atoms with E-state index in [2.05, 4.69) is 36.5 Å². The summed E-state index contributed by atoms with van der Waals surface area (Å²) >= 11 is 0. The zero-order valence-electron chi connectivity index (χ0n) is 12.7. The Labute approximate surface area is 122 Å². The minimum atomic E-state index is 0.175. The molecule has 0 bridgehead atoms. The first-order chi connectivity index (χ1) is 9.82. The molecule has 1 aliphatic carbocycles. The summed E-state index contributed by atoms with van der Waals surface area (Å²) in [6.45, 7) is 3.44. The monoisotopic (exact) mass is 273 g/mol. The van der Waals surface area contributed by atoms with Crippen molar-refractivity contribution in [2.45, 2.75) is 69.9 Å². The van der Waals surface area contributed by atoms with E-state index in [1.807, 2.05) is 0 Å². The molecule has 110 valence electrons. The van der Waals surface area contributed by atoms with Crippen molar-refractivity contribution in [3.05, 3.63) is 29.8 Å².